The van der Waals surface area contributed by atoms with Crippen molar-refractivity contribution in [1.29, 1.82) is 0 Å². The van der Waals surface area contributed by atoms with Crippen LogP contribution in [0.15, 0.2) is 64.5 Å². The molecular formula is C29H26Cl2N4O5. The minimum atomic E-state index is -0.560. The van der Waals surface area contributed by atoms with Gasteiger partial charge >= 0.3 is 5.69 Å². The number of rotatable bonds is 8. The molecule has 11 heteroatoms. The first-order valence-corrected chi connectivity index (χ1v) is 13.6. The predicted octanol–water partition coefficient (Wildman–Crippen LogP) is 7.13. The summed E-state index contributed by atoms with van der Waals surface area (Å²) in [5.74, 6) is 0.781. The number of nitrogens with zero attached hydrogens (tertiary/aromatic N) is 4. The molecule has 5 rings (SSSR count). The molecule has 1 aromatic heterocycles. The van der Waals surface area contributed by atoms with Crippen LogP contribution in [-0.2, 0) is 6.61 Å². The zero-order valence-electron chi connectivity index (χ0n) is 21.7. The number of aromatic nitrogens is 2. The maximum atomic E-state index is 13.5. The molecule has 0 aliphatic heterocycles. The van der Waals surface area contributed by atoms with E-state index in [1.165, 1.54) is 24.1 Å². The van der Waals surface area contributed by atoms with E-state index in [-0.39, 0.29) is 35.3 Å². The molecule has 0 N–H and O–H groups in total. The van der Waals surface area contributed by atoms with Gasteiger partial charge in [-0.05, 0) is 43.2 Å². The fourth-order valence-electron chi connectivity index (χ4n) is 4.91. The molecule has 4 aromatic rings. The van der Waals surface area contributed by atoms with E-state index in [1.807, 2.05) is 12.1 Å². The van der Waals surface area contributed by atoms with Crippen LogP contribution < -0.4 is 15.0 Å². The van der Waals surface area contributed by atoms with Crippen LogP contribution in [0.2, 0.25) is 10.0 Å². The van der Waals surface area contributed by atoms with E-state index in [0.717, 1.165) is 32.1 Å². The Morgan fingerprint density at radius 1 is 1.12 bits per heavy atom. The van der Waals surface area contributed by atoms with Gasteiger partial charge in [-0.3, -0.25) is 14.9 Å². The van der Waals surface area contributed by atoms with Crippen LogP contribution in [0.4, 0.5) is 5.69 Å². The lowest BCUT2D eigenvalue weighted by Crippen LogP contribution is -2.25. The standard InChI is InChI=1S/C29H26Cl2N4O5/c1-39-26-14-18(13-25(35(37)38)27(26)40-17-20-11-12-21(30)15-23(20)31)16-32-34-28(19-7-3-2-4-8-19)33-24-10-6-5-9-22(24)29(34)36/h5-6,9-16,19H,2-4,7-8,17H2,1H3. The van der Waals surface area contributed by atoms with Gasteiger partial charge in [-0.15, -0.1) is 0 Å². The maximum absolute atomic E-state index is 13.5. The second-order valence-electron chi connectivity index (χ2n) is 9.54. The first-order chi connectivity index (χ1) is 19.4. The van der Waals surface area contributed by atoms with Gasteiger partial charge in [0.05, 0.1) is 29.2 Å². The van der Waals surface area contributed by atoms with E-state index in [0.29, 0.717) is 37.9 Å². The van der Waals surface area contributed by atoms with Gasteiger partial charge in [0.15, 0.2) is 5.75 Å². The summed E-state index contributed by atoms with van der Waals surface area (Å²) in [5.41, 5.74) is 0.978. The van der Waals surface area contributed by atoms with Crippen LogP contribution in [0.3, 0.4) is 0 Å². The summed E-state index contributed by atoms with van der Waals surface area (Å²) >= 11 is 12.2. The Bertz CT molecular complexity index is 1660. The van der Waals surface area contributed by atoms with Crippen molar-refractivity contribution < 1.29 is 14.4 Å². The average Bonchev–Trinajstić information content (AvgIpc) is 2.96. The third kappa shape index (κ3) is 5.80. The molecule has 206 valence electrons. The third-order valence-electron chi connectivity index (χ3n) is 6.93. The second-order valence-corrected chi connectivity index (χ2v) is 10.4. The Labute approximate surface area is 240 Å². The largest absolute Gasteiger partial charge is 0.493 e. The fraction of sp³-hybridized carbons (Fsp3) is 0.276. The van der Waals surface area contributed by atoms with Gasteiger partial charge in [0.2, 0.25) is 5.75 Å². The number of para-hydroxylation sites is 1. The number of methoxy groups -OCH3 is 1. The molecule has 0 spiro atoms. The summed E-state index contributed by atoms with van der Waals surface area (Å²) < 4.78 is 12.6. The molecule has 1 aliphatic carbocycles. The van der Waals surface area contributed by atoms with Crippen LogP contribution >= 0.6 is 23.2 Å². The number of nitro benzene ring substituents is 1. The lowest BCUT2D eigenvalue weighted by atomic mass is 9.88. The first kappa shape index (κ1) is 27.6. The van der Waals surface area contributed by atoms with Crippen molar-refractivity contribution in [2.24, 2.45) is 5.10 Å². The van der Waals surface area contributed by atoms with Crippen LogP contribution in [-0.4, -0.2) is 27.9 Å². The zero-order chi connectivity index (χ0) is 28.2. The summed E-state index contributed by atoms with van der Waals surface area (Å²) in [4.78, 5) is 29.7. The number of nitro groups is 1. The number of halogens is 2. The number of ether oxygens (including phenoxy) is 2. The topological polar surface area (TPSA) is 109 Å². The van der Waals surface area contributed by atoms with Crippen molar-refractivity contribution in [2.75, 3.05) is 7.11 Å². The van der Waals surface area contributed by atoms with Crippen molar-refractivity contribution in [2.45, 2.75) is 44.6 Å². The highest BCUT2D eigenvalue weighted by Crippen LogP contribution is 2.39. The Balaban J connectivity index is 1.53. The van der Waals surface area contributed by atoms with Crippen molar-refractivity contribution in [3.63, 3.8) is 0 Å². The Kier molecular flexibility index (Phi) is 8.32. The Morgan fingerprint density at radius 2 is 1.90 bits per heavy atom. The van der Waals surface area contributed by atoms with E-state index >= 15 is 0 Å². The van der Waals surface area contributed by atoms with Gasteiger partial charge in [-0.1, -0.05) is 60.7 Å². The highest BCUT2D eigenvalue weighted by Gasteiger charge is 2.24. The molecule has 0 amide bonds. The third-order valence-corrected chi connectivity index (χ3v) is 7.52. The van der Waals surface area contributed by atoms with Crippen LogP contribution in [0, 0.1) is 10.1 Å². The summed E-state index contributed by atoms with van der Waals surface area (Å²) in [6.45, 7) is -0.0382. The normalized spacial score (nSPS) is 14.1. The lowest BCUT2D eigenvalue weighted by molar-refractivity contribution is -0.386. The molecule has 9 nitrogen and oxygen atoms in total. The molecule has 0 unspecified atom stereocenters. The summed E-state index contributed by atoms with van der Waals surface area (Å²) in [7, 11) is 1.39. The SMILES string of the molecule is COc1cc(C=Nn2c(C3CCCCC3)nc3ccccc3c2=O)cc([N+](=O)[O-])c1OCc1ccc(Cl)cc1Cl. The van der Waals surface area contributed by atoms with Crippen molar-refractivity contribution >= 4 is 46.0 Å². The van der Waals surface area contributed by atoms with Crippen LogP contribution in [0.1, 0.15) is 55.0 Å². The monoisotopic (exact) mass is 580 g/mol. The number of benzene rings is 3. The molecule has 3 aromatic carbocycles. The minimum Gasteiger partial charge on any atom is -0.493 e. The van der Waals surface area contributed by atoms with E-state index in [4.69, 9.17) is 37.7 Å². The van der Waals surface area contributed by atoms with Crippen LogP contribution in [0.5, 0.6) is 11.5 Å². The number of fused-ring (bicyclic) bond motifs is 1. The maximum Gasteiger partial charge on any atom is 0.315 e. The molecule has 0 bridgehead atoms. The highest BCUT2D eigenvalue weighted by molar-refractivity contribution is 6.35. The quantitative estimate of drug-likeness (QED) is 0.124. The Morgan fingerprint density at radius 3 is 2.62 bits per heavy atom. The molecule has 0 radical (unpaired) electrons. The van der Waals surface area contributed by atoms with Crippen molar-refractivity contribution in [1.82, 2.24) is 9.66 Å². The summed E-state index contributed by atoms with van der Waals surface area (Å²) in [6, 6.07) is 15.0. The molecule has 40 heavy (non-hydrogen) atoms. The van der Waals surface area contributed by atoms with E-state index in [9.17, 15) is 14.9 Å². The van der Waals surface area contributed by atoms with Gasteiger partial charge in [-0.25, -0.2) is 4.98 Å². The van der Waals surface area contributed by atoms with Gasteiger partial charge in [0, 0.05) is 33.2 Å². The van der Waals surface area contributed by atoms with Gasteiger partial charge in [0.1, 0.15) is 12.4 Å². The summed E-state index contributed by atoms with van der Waals surface area (Å²) in [6.07, 6.45) is 6.51. The van der Waals surface area contributed by atoms with Crippen molar-refractivity contribution in [3.8, 4) is 11.5 Å². The van der Waals surface area contributed by atoms with Gasteiger partial charge in [-0.2, -0.15) is 9.78 Å². The minimum absolute atomic E-state index is 0.0382. The highest BCUT2D eigenvalue weighted by atomic mass is 35.5. The summed E-state index contributed by atoms with van der Waals surface area (Å²) in [5, 5.41) is 17.8. The molecule has 1 aliphatic rings. The smallest absolute Gasteiger partial charge is 0.315 e. The fourth-order valence-corrected chi connectivity index (χ4v) is 5.37. The number of hydrogen-bond donors (Lipinski definition) is 0. The van der Waals surface area contributed by atoms with E-state index in [1.54, 1.807) is 36.4 Å². The van der Waals surface area contributed by atoms with Gasteiger partial charge < -0.3 is 9.47 Å². The van der Waals surface area contributed by atoms with E-state index < -0.39 is 4.92 Å². The predicted molar refractivity (Wildman–Crippen MR) is 155 cm³/mol. The zero-order valence-corrected chi connectivity index (χ0v) is 23.2. The molecular weight excluding hydrogens is 555 g/mol. The lowest BCUT2D eigenvalue weighted by Gasteiger charge is -2.22. The second kappa shape index (κ2) is 12.1. The first-order valence-electron chi connectivity index (χ1n) is 12.8. The van der Waals surface area contributed by atoms with Crippen LogP contribution in [0.25, 0.3) is 10.9 Å². The van der Waals surface area contributed by atoms with E-state index in [2.05, 4.69) is 5.10 Å². The molecule has 1 saturated carbocycles. The van der Waals surface area contributed by atoms with Gasteiger partial charge in [0.25, 0.3) is 5.56 Å². The molecule has 0 saturated heterocycles. The molecule has 1 heterocycles. The molecule has 0 atom stereocenters. The number of hydrogen-bond acceptors (Lipinski definition) is 7. The Hall–Kier alpha value is -3.95. The average molecular weight is 581 g/mol. The molecule has 1 fully saturated rings. The van der Waals surface area contributed by atoms with Crippen molar-refractivity contribution in [3.05, 3.63) is 102 Å².